The summed E-state index contributed by atoms with van der Waals surface area (Å²) in [5, 5.41) is 0. The molecule has 0 saturated heterocycles. The number of nitrogens with two attached hydrogens (primary N) is 1. The number of aryl methyl sites for hydroxylation is 2. The van der Waals surface area contributed by atoms with E-state index < -0.39 is 0 Å². The number of rotatable bonds is 5. The van der Waals surface area contributed by atoms with Crippen LogP contribution in [-0.4, -0.2) is 4.98 Å². The Kier molecular flexibility index (Phi) is 3.56. The minimum atomic E-state index is 0.209. The van der Waals surface area contributed by atoms with Crippen LogP contribution >= 0.6 is 0 Å². The lowest BCUT2D eigenvalue weighted by atomic mass is 10.0. The van der Waals surface area contributed by atoms with Gasteiger partial charge in [0.25, 0.3) is 0 Å². The molecule has 1 atom stereocenters. The van der Waals surface area contributed by atoms with E-state index in [2.05, 4.69) is 30.3 Å². The SMILES string of the molecule is Cc1cnc(C(CCC2CC2)NN)c(C)c1. The smallest absolute Gasteiger partial charge is 0.0635 e. The highest BCUT2D eigenvalue weighted by atomic mass is 15.2. The Balaban J connectivity index is 2.05. The predicted molar refractivity (Wildman–Crippen MR) is 65.7 cm³/mol. The van der Waals surface area contributed by atoms with Crippen LogP contribution in [0.1, 0.15) is 48.5 Å². The molecule has 1 aliphatic rings. The van der Waals surface area contributed by atoms with Gasteiger partial charge in [0.1, 0.15) is 0 Å². The highest BCUT2D eigenvalue weighted by Gasteiger charge is 2.23. The first-order chi connectivity index (χ1) is 7.70. The summed E-state index contributed by atoms with van der Waals surface area (Å²) < 4.78 is 0. The third-order valence-electron chi connectivity index (χ3n) is 3.35. The Morgan fingerprint density at radius 3 is 2.81 bits per heavy atom. The average Bonchev–Trinajstić information content (AvgIpc) is 3.05. The van der Waals surface area contributed by atoms with Crippen LogP contribution in [-0.2, 0) is 0 Å². The van der Waals surface area contributed by atoms with Gasteiger partial charge in [-0.05, 0) is 43.7 Å². The molecule has 1 aromatic heterocycles. The van der Waals surface area contributed by atoms with Gasteiger partial charge in [-0.25, -0.2) is 0 Å². The summed E-state index contributed by atoms with van der Waals surface area (Å²) in [5.41, 5.74) is 6.45. The maximum Gasteiger partial charge on any atom is 0.0635 e. The number of aromatic nitrogens is 1. The summed E-state index contributed by atoms with van der Waals surface area (Å²) in [6, 6.07) is 2.38. The van der Waals surface area contributed by atoms with Gasteiger partial charge in [0.2, 0.25) is 0 Å². The van der Waals surface area contributed by atoms with E-state index >= 15 is 0 Å². The van der Waals surface area contributed by atoms with E-state index in [1.165, 1.54) is 30.4 Å². The first kappa shape index (κ1) is 11.6. The van der Waals surface area contributed by atoms with Crippen LogP contribution in [0, 0.1) is 19.8 Å². The predicted octanol–water partition coefficient (Wildman–Crippen LogP) is 2.39. The molecule has 2 rings (SSSR count). The number of hydrogen-bond donors (Lipinski definition) is 2. The molecule has 1 fully saturated rings. The summed E-state index contributed by atoms with van der Waals surface area (Å²) >= 11 is 0. The van der Waals surface area contributed by atoms with Crippen molar-refractivity contribution in [1.82, 2.24) is 10.4 Å². The van der Waals surface area contributed by atoms with E-state index in [-0.39, 0.29) is 6.04 Å². The molecule has 1 aliphatic carbocycles. The van der Waals surface area contributed by atoms with Crippen molar-refractivity contribution in [2.24, 2.45) is 11.8 Å². The van der Waals surface area contributed by atoms with Gasteiger partial charge >= 0.3 is 0 Å². The molecule has 3 N–H and O–H groups in total. The Morgan fingerprint density at radius 2 is 2.25 bits per heavy atom. The number of pyridine rings is 1. The number of hydrazine groups is 1. The van der Waals surface area contributed by atoms with Crippen molar-refractivity contribution in [2.75, 3.05) is 0 Å². The summed E-state index contributed by atoms with van der Waals surface area (Å²) in [6.45, 7) is 4.18. The van der Waals surface area contributed by atoms with Crippen LogP contribution in [0.4, 0.5) is 0 Å². The molecule has 16 heavy (non-hydrogen) atoms. The molecule has 1 unspecified atom stereocenters. The molecular weight excluding hydrogens is 198 g/mol. The molecule has 0 amide bonds. The van der Waals surface area contributed by atoms with Gasteiger partial charge in [-0.3, -0.25) is 16.3 Å². The van der Waals surface area contributed by atoms with E-state index in [1.807, 2.05) is 6.20 Å². The zero-order valence-electron chi connectivity index (χ0n) is 10.2. The van der Waals surface area contributed by atoms with E-state index in [0.29, 0.717) is 0 Å². The number of nitrogens with zero attached hydrogens (tertiary/aromatic N) is 1. The second-order valence-corrected chi connectivity index (χ2v) is 4.95. The standard InChI is InChI=1S/C13H21N3/c1-9-7-10(2)13(15-8-9)12(16-14)6-5-11-3-4-11/h7-8,11-12,16H,3-6,14H2,1-2H3. The molecule has 0 spiro atoms. The van der Waals surface area contributed by atoms with Crippen molar-refractivity contribution in [3.8, 4) is 0 Å². The molecular formula is C13H21N3. The molecule has 1 heterocycles. The molecule has 0 aromatic carbocycles. The van der Waals surface area contributed by atoms with Gasteiger partial charge in [0, 0.05) is 6.20 Å². The normalized spacial score (nSPS) is 17.4. The highest BCUT2D eigenvalue weighted by molar-refractivity contribution is 5.25. The maximum absolute atomic E-state index is 5.63. The molecule has 1 saturated carbocycles. The van der Waals surface area contributed by atoms with Crippen molar-refractivity contribution in [3.63, 3.8) is 0 Å². The number of hydrogen-bond acceptors (Lipinski definition) is 3. The van der Waals surface area contributed by atoms with Crippen molar-refractivity contribution < 1.29 is 0 Å². The van der Waals surface area contributed by atoms with E-state index in [1.54, 1.807) is 0 Å². The maximum atomic E-state index is 5.63. The zero-order valence-corrected chi connectivity index (χ0v) is 10.2. The monoisotopic (exact) mass is 219 g/mol. The first-order valence-corrected chi connectivity index (χ1v) is 6.10. The Morgan fingerprint density at radius 1 is 1.50 bits per heavy atom. The Labute approximate surface area is 97.4 Å². The molecule has 0 radical (unpaired) electrons. The highest BCUT2D eigenvalue weighted by Crippen LogP contribution is 2.35. The Bertz CT molecular complexity index is 358. The van der Waals surface area contributed by atoms with Gasteiger partial charge in [-0.1, -0.05) is 18.9 Å². The van der Waals surface area contributed by atoms with E-state index in [0.717, 1.165) is 18.0 Å². The van der Waals surface area contributed by atoms with E-state index in [9.17, 15) is 0 Å². The van der Waals surface area contributed by atoms with Crippen molar-refractivity contribution >= 4 is 0 Å². The van der Waals surface area contributed by atoms with Gasteiger partial charge in [0.05, 0.1) is 11.7 Å². The van der Waals surface area contributed by atoms with Crippen LogP contribution in [0.3, 0.4) is 0 Å². The number of nitrogens with one attached hydrogen (secondary N) is 1. The molecule has 3 nitrogen and oxygen atoms in total. The van der Waals surface area contributed by atoms with Gasteiger partial charge in [-0.2, -0.15) is 0 Å². The van der Waals surface area contributed by atoms with Crippen LogP contribution in [0.2, 0.25) is 0 Å². The zero-order chi connectivity index (χ0) is 11.5. The average molecular weight is 219 g/mol. The summed E-state index contributed by atoms with van der Waals surface area (Å²) in [6.07, 6.45) is 7.08. The van der Waals surface area contributed by atoms with Crippen LogP contribution in [0.15, 0.2) is 12.3 Å². The molecule has 0 aliphatic heterocycles. The third-order valence-corrected chi connectivity index (χ3v) is 3.35. The Hall–Kier alpha value is -0.930. The molecule has 0 bridgehead atoms. The van der Waals surface area contributed by atoms with Gasteiger partial charge in [-0.15, -0.1) is 0 Å². The fraction of sp³-hybridized carbons (Fsp3) is 0.615. The first-order valence-electron chi connectivity index (χ1n) is 6.10. The molecule has 88 valence electrons. The second-order valence-electron chi connectivity index (χ2n) is 4.95. The van der Waals surface area contributed by atoms with Gasteiger partial charge < -0.3 is 0 Å². The minimum absolute atomic E-state index is 0.209. The lowest BCUT2D eigenvalue weighted by molar-refractivity contribution is 0.470. The third kappa shape index (κ3) is 2.80. The van der Waals surface area contributed by atoms with Crippen LogP contribution < -0.4 is 11.3 Å². The molecule has 1 aromatic rings. The summed E-state index contributed by atoms with van der Waals surface area (Å²) in [4.78, 5) is 4.50. The van der Waals surface area contributed by atoms with Crippen molar-refractivity contribution in [1.29, 1.82) is 0 Å². The fourth-order valence-corrected chi connectivity index (χ4v) is 2.20. The summed E-state index contributed by atoms with van der Waals surface area (Å²) in [7, 11) is 0. The lowest BCUT2D eigenvalue weighted by Crippen LogP contribution is -2.29. The second kappa shape index (κ2) is 4.93. The van der Waals surface area contributed by atoms with Gasteiger partial charge in [0.15, 0.2) is 0 Å². The minimum Gasteiger partial charge on any atom is -0.271 e. The summed E-state index contributed by atoms with van der Waals surface area (Å²) in [5.74, 6) is 6.57. The van der Waals surface area contributed by atoms with E-state index in [4.69, 9.17) is 5.84 Å². The fourth-order valence-electron chi connectivity index (χ4n) is 2.20. The lowest BCUT2D eigenvalue weighted by Gasteiger charge is -2.17. The quantitative estimate of drug-likeness (QED) is 0.590. The van der Waals surface area contributed by atoms with Crippen LogP contribution in [0.5, 0.6) is 0 Å². The molecule has 3 heteroatoms. The van der Waals surface area contributed by atoms with Crippen molar-refractivity contribution in [2.45, 2.75) is 45.6 Å². The van der Waals surface area contributed by atoms with Crippen molar-refractivity contribution in [3.05, 3.63) is 29.1 Å². The largest absolute Gasteiger partial charge is 0.271 e. The van der Waals surface area contributed by atoms with Crippen LogP contribution in [0.25, 0.3) is 0 Å². The topological polar surface area (TPSA) is 50.9 Å².